The molecule has 102 valence electrons. The highest BCUT2D eigenvalue weighted by Gasteiger charge is 2.18. The summed E-state index contributed by atoms with van der Waals surface area (Å²) in [4.78, 5) is 0. The Morgan fingerprint density at radius 3 is 2.68 bits per heavy atom. The van der Waals surface area contributed by atoms with Crippen LogP contribution in [0, 0.1) is 6.92 Å². The monoisotopic (exact) mass is 296 g/mol. The minimum atomic E-state index is -3.56. The van der Waals surface area contributed by atoms with Gasteiger partial charge in [-0.2, -0.15) is 0 Å². The molecule has 0 aliphatic carbocycles. The van der Waals surface area contributed by atoms with Gasteiger partial charge in [0.1, 0.15) is 4.21 Å². The van der Waals surface area contributed by atoms with E-state index in [1.54, 1.807) is 5.38 Å². The van der Waals surface area contributed by atoms with Crippen LogP contribution in [0.2, 0.25) is 0 Å². The molecule has 0 unspecified atom stereocenters. The Labute approximate surface area is 117 Å². The highest BCUT2D eigenvalue weighted by molar-refractivity contribution is 7.94. The van der Waals surface area contributed by atoms with Gasteiger partial charge in [-0.3, -0.25) is 4.72 Å². The van der Waals surface area contributed by atoms with E-state index in [2.05, 4.69) is 4.72 Å². The first-order valence-corrected chi connectivity index (χ1v) is 8.25. The minimum Gasteiger partial charge on any atom is -0.398 e. The van der Waals surface area contributed by atoms with Crippen molar-refractivity contribution in [1.82, 2.24) is 0 Å². The van der Waals surface area contributed by atoms with Crippen LogP contribution in [0.15, 0.2) is 33.9 Å². The van der Waals surface area contributed by atoms with E-state index < -0.39 is 10.0 Å². The number of hydrogen-bond donors (Lipinski definition) is 2. The summed E-state index contributed by atoms with van der Waals surface area (Å²) in [6.45, 7) is 3.88. The van der Waals surface area contributed by atoms with Crippen LogP contribution >= 0.6 is 11.3 Å². The largest absolute Gasteiger partial charge is 0.398 e. The fraction of sp³-hybridized carbons (Fsp3) is 0.231. The molecule has 6 heteroatoms. The fourth-order valence-electron chi connectivity index (χ4n) is 1.83. The molecular formula is C13H16N2O2S2. The van der Waals surface area contributed by atoms with Crippen molar-refractivity contribution in [3.8, 4) is 0 Å². The summed E-state index contributed by atoms with van der Waals surface area (Å²) in [5, 5.41) is 1.62. The lowest BCUT2D eigenvalue weighted by Gasteiger charge is -2.13. The third-order valence-corrected chi connectivity index (χ3v) is 5.64. The van der Waals surface area contributed by atoms with E-state index in [4.69, 9.17) is 5.73 Å². The van der Waals surface area contributed by atoms with E-state index in [0.29, 0.717) is 11.4 Å². The van der Waals surface area contributed by atoms with Gasteiger partial charge in [0.25, 0.3) is 10.0 Å². The molecule has 3 N–H and O–H groups in total. The summed E-state index contributed by atoms with van der Waals surface area (Å²) in [6, 6.07) is 7.21. The second-order valence-corrected chi connectivity index (χ2v) is 7.09. The first kappa shape index (κ1) is 13.9. The van der Waals surface area contributed by atoms with Crippen LogP contribution < -0.4 is 10.5 Å². The quantitative estimate of drug-likeness (QED) is 0.911. The molecule has 1 heterocycles. The van der Waals surface area contributed by atoms with Gasteiger partial charge in [0, 0.05) is 11.1 Å². The van der Waals surface area contributed by atoms with Gasteiger partial charge in [-0.1, -0.05) is 25.1 Å². The lowest BCUT2D eigenvalue weighted by Crippen LogP contribution is -2.14. The molecule has 4 nitrogen and oxygen atoms in total. The molecule has 2 rings (SSSR count). The summed E-state index contributed by atoms with van der Waals surface area (Å²) in [7, 11) is -3.56. The standard InChI is InChI=1S/C13H16N2O2S2/c1-3-10-6-4-5-9(2)13(10)15-19(16,17)12-7-11(14)8-18-12/h4-8,15H,3,14H2,1-2H3. The van der Waals surface area contributed by atoms with Crippen LogP contribution in [0.5, 0.6) is 0 Å². The van der Waals surface area contributed by atoms with Crippen molar-refractivity contribution < 1.29 is 8.42 Å². The zero-order valence-electron chi connectivity index (χ0n) is 10.8. The van der Waals surface area contributed by atoms with Crippen LogP contribution in [0.4, 0.5) is 11.4 Å². The van der Waals surface area contributed by atoms with E-state index in [9.17, 15) is 8.42 Å². The Hall–Kier alpha value is -1.53. The number of benzene rings is 1. The fourth-order valence-corrected chi connectivity index (χ4v) is 4.08. The molecule has 1 aromatic heterocycles. The van der Waals surface area contributed by atoms with Crippen molar-refractivity contribution in [2.75, 3.05) is 10.5 Å². The number of nitrogens with two attached hydrogens (primary N) is 1. The van der Waals surface area contributed by atoms with Crippen LogP contribution in [-0.4, -0.2) is 8.42 Å². The Morgan fingerprint density at radius 2 is 2.11 bits per heavy atom. The number of nitrogen functional groups attached to an aromatic ring is 1. The van der Waals surface area contributed by atoms with Gasteiger partial charge in [0.15, 0.2) is 0 Å². The molecule has 0 fully saturated rings. The molecule has 1 aromatic carbocycles. The maximum absolute atomic E-state index is 12.3. The lowest BCUT2D eigenvalue weighted by atomic mass is 10.1. The van der Waals surface area contributed by atoms with Crippen LogP contribution in [-0.2, 0) is 16.4 Å². The van der Waals surface area contributed by atoms with Crippen molar-refractivity contribution in [3.63, 3.8) is 0 Å². The Bertz CT molecular complexity index is 690. The van der Waals surface area contributed by atoms with E-state index in [-0.39, 0.29) is 4.21 Å². The Kier molecular flexibility index (Phi) is 3.82. The van der Waals surface area contributed by atoms with E-state index in [1.807, 2.05) is 32.0 Å². The van der Waals surface area contributed by atoms with Gasteiger partial charge >= 0.3 is 0 Å². The molecule has 0 spiro atoms. The molecule has 0 saturated heterocycles. The maximum atomic E-state index is 12.3. The summed E-state index contributed by atoms with van der Waals surface area (Å²) < 4.78 is 27.5. The van der Waals surface area contributed by atoms with Crippen molar-refractivity contribution >= 4 is 32.7 Å². The third kappa shape index (κ3) is 2.90. The maximum Gasteiger partial charge on any atom is 0.271 e. The smallest absolute Gasteiger partial charge is 0.271 e. The van der Waals surface area contributed by atoms with E-state index >= 15 is 0 Å². The molecule has 2 aromatic rings. The van der Waals surface area contributed by atoms with Crippen LogP contribution in [0.25, 0.3) is 0 Å². The molecular weight excluding hydrogens is 280 g/mol. The van der Waals surface area contributed by atoms with Crippen molar-refractivity contribution in [3.05, 3.63) is 40.8 Å². The first-order chi connectivity index (χ1) is 8.94. The lowest BCUT2D eigenvalue weighted by molar-refractivity contribution is 0.603. The highest BCUT2D eigenvalue weighted by Crippen LogP contribution is 2.27. The predicted molar refractivity (Wildman–Crippen MR) is 80.1 cm³/mol. The van der Waals surface area contributed by atoms with Crippen LogP contribution in [0.1, 0.15) is 18.1 Å². The molecule has 0 saturated carbocycles. The number of hydrogen-bond acceptors (Lipinski definition) is 4. The average molecular weight is 296 g/mol. The Morgan fingerprint density at radius 1 is 1.37 bits per heavy atom. The first-order valence-electron chi connectivity index (χ1n) is 5.89. The van der Waals surface area contributed by atoms with Gasteiger partial charge < -0.3 is 5.73 Å². The second kappa shape index (κ2) is 5.22. The summed E-state index contributed by atoms with van der Waals surface area (Å²) in [5.41, 5.74) is 8.59. The number of aryl methyl sites for hydroxylation is 2. The number of rotatable bonds is 4. The zero-order valence-corrected chi connectivity index (χ0v) is 12.4. The highest BCUT2D eigenvalue weighted by atomic mass is 32.2. The van der Waals surface area contributed by atoms with E-state index in [0.717, 1.165) is 28.9 Å². The van der Waals surface area contributed by atoms with Crippen molar-refractivity contribution in [1.29, 1.82) is 0 Å². The number of nitrogens with one attached hydrogen (secondary N) is 1. The second-order valence-electron chi connectivity index (χ2n) is 4.27. The number of anilines is 2. The third-order valence-electron chi connectivity index (χ3n) is 2.84. The minimum absolute atomic E-state index is 0.232. The van der Waals surface area contributed by atoms with Gasteiger partial charge in [-0.05, 0) is 30.5 Å². The number of para-hydroxylation sites is 1. The predicted octanol–water partition coefficient (Wildman–Crippen LogP) is 3.00. The molecule has 0 aliphatic heterocycles. The average Bonchev–Trinajstić information content (AvgIpc) is 2.79. The molecule has 19 heavy (non-hydrogen) atoms. The normalized spacial score (nSPS) is 11.5. The van der Waals surface area contributed by atoms with Gasteiger partial charge in [-0.15, -0.1) is 11.3 Å². The molecule has 0 radical (unpaired) electrons. The van der Waals surface area contributed by atoms with Gasteiger partial charge in [-0.25, -0.2) is 8.42 Å². The van der Waals surface area contributed by atoms with Gasteiger partial charge in [0.05, 0.1) is 5.69 Å². The summed E-state index contributed by atoms with van der Waals surface area (Å²) >= 11 is 1.12. The number of thiophene rings is 1. The summed E-state index contributed by atoms with van der Waals surface area (Å²) in [5.74, 6) is 0. The molecule has 0 bridgehead atoms. The van der Waals surface area contributed by atoms with E-state index in [1.165, 1.54) is 6.07 Å². The van der Waals surface area contributed by atoms with Crippen LogP contribution in [0.3, 0.4) is 0 Å². The molecule has 0 atom stereocenters. The summed E-state index contributed by atoms with van der Waals surface area (Å²) in [6.07, 6.45) is 0.770. The number of sulfonamides is 1. The van der Waals surface area contributed by atoms with Crippen molar-refractivity contribution in [2.45, 2.75) is 24.5 Å². The molecule has 0 amide bonds. The zero-order chi connectivity index (χ0) is 14.0. The topological polar surface area (TPSA) is 72.2 Å². The Balaban J connectivity index is 2.41. The molecule has 0 aliphatic rings. The van der Waals surface area contributed by atoms with Gasteiger partial charge in [0.2, 0.25) is 0 Å². The van der Waals surface area contributed by atoms with Crippen molar-refractivity contribution in [2.24, 2.45) is 0 Å². The SMILES string of the molecule is CCc1cccc(C)c1NS(=O)(=O)c1cc(N)cs1.